The van der Waals surface area contributed by atoms with Gasteiger partial charge in [0.1, 0.15) is 36.6 Å². The summed E-state index contributed by atoms with van der Waals surface area (Å²) in [5.74, 6) is 0. The van der Waals surface area contributed by atoms with Crippen LogP contribution in [0.2, 0.25) is 0 Å². The van der Waals surface area contributed by atoms with E-state index >= 15 is 0 Å². The van der Waals surface area contributed by atoms with Gasteiger partial charge in [-0.05, 0) is 61.9 Å². The first kappa shape index (κ1) is 58.8. The van der Waals surface area contributed by atoms with Crippen molar-refractivity contribution in [2.45, 2.75) is 138 Å². The van der Waals surface area contributed by atoms with Gasteiger partial charge < -0.3 is 47.4 Å². The highest BCUT2D eigenvalue weighted by Crippen LogP contribution is 2.39. The molecule has 0 N–H and O–H groups in total. The molecule has 1 saturated carbocycles. The third-order valence-electron chi connectivity index (χ3n) is 14.4. The molecule has 82 heavy (non-hydrogen) atoms. The molecule has 2 heterocycles. The molecule has 0 aromatic heterocycles. The highest BCUT2D eigenvalue weighted by atomic mass is 16.7. The topological polar surface area (TPSA) is 287 Å². The number of nitrogens with zero attached hydrogens (tertiary/aromatic N) is 12. The highest BCUT2D eigenvalue weighted by molar-refractivity contribution is 5.19. The summed E-state index contributed by atoms with van der Waals surface area (Å²) in [6.07, 6.45) is -12.2. The second kappa shape index (κ2) is 31.4. The van der Waals surface area contributed by atoms with Crippen molar-refractivity contribution in [2.75, 3.05) is 13.1 Å². The first-order valence-corrected chi connectivity index (χ1v) is 27.1. The minimum absolute atomic E-state index is 0.0359. The lowest BCUT2D eigenvalue weighted by atomic mass is 9.86. The molecule has 2 saturated heterocycles. The van der Waals surface area contributed by atoms with Crippen LogP contribution in [0.4, 0.5) is 0 Å². The quantitative estimate of drug-likeness (QED) is 0.0254. The molecule has 22 heteroatoms. The standard InChI is InChI=1S/C60H64N12O10/c61-69-65-33-51-53(73-35-41-19-7-1-8-20-41)55(75-37-43-23-11-3-12-24-43)57(77-39-45-27-15-5-16-28-45)59(81-51)79-49-32-50(48(68-72-64)31-47(49)67-71-63)80-60-58(78-40-46-29-17-6-18-30-46)56(76-38-44-25-13-4-14-26-44)54(52(82-60)34-66-70-62)74-36-42-21-9-2-10-22-42/h1-30,47-60H,31-40H2/t47-,48-,49-,50-,51-,52-,53-,54-,55+,56+,57-,58-,59+,60+/m1/s1. The fraction of sp³-hybridized carbons (Fsp3) is 0.400. The number of azide groups is 4. The predicted molar refractivity (Wildman–Crippen MR) is 300 cm³/mol. The van der Waals surface area contributed by atoms with Crippen molar-refractivity contribution in [1.82, 2.24) is 0 Å². The smallest absolute Gasteiger partial charge is 0.187 e. The van der Waals surface area contributed by atoms with E-state index in [-0.39, 0.29) is 65.6 Å². The van der Waals surface area contributed by atoms with Crippen molar-refractivity contribution < 1.29 is 47.4 Å². The van der Waals surface area contributed by atoms with E-state index in [0.29, 0.717) is 0 Å². The SMILES string of the molecule is [N-]=[N+]=NC[C@H]1O[C@H](O[C@@H]2C[C@@H](O[C@H]3O[C@H](CN=[N+]=[N-])[C@@H](OCc4ccccc4)[C@H](OCc4ccccc4)[C@H]3OCc3ccccc3)[C@H](N=[N+]=[N-])C[C@H]2N=[N+]=[N-])[C@H](OCc2ccccc2)[C@@H](OCc2ccccc2)[C@@H]1OCc1ccccc1. The highest BCUT2D eigenvalue weighted by Gasteiger charge is 2.53. The number of hydrogen-bond acceptors (Lipinski definition) is 14. The van der Waals surface area contributed by atoms with Gasteiger partial charge in [-0.25, -0.2) is 0 Å². The summed E-state index contributed by atoms with van der Waals surface area (Å²) in [6, 6.07) is 55.8. The Labute approximate surface area is 474 Å². The summed E-state index contributed by atoms with van der Waals surface area (Å²) in [6.45, 7) is 0.453. The van der Waals surface area contributed by atoms with Gasteiger partial charge in [-0.3, -0.25) is 0 Å². The van der Waals surface area contributed by atoms with Crippen molar-refractivity contribution in [3.63, 3.8) is 0 Å². The Morgan fingerprint density at radius 1 is 0.341 bits per heavy atom. The maximum atomic E-state index is 10.1. The van der Waals surface area contributed by atoms with Crippen LogP contribution in [0.5, 0.6) is 0 Å². The van der Waals surface area contributed by atoms with E-state index in [0.717, 1.165) is 33.4 Å². The van der Waals surface area contributed by atoms with Gasteiger partial charge in [-0.2, -0.15) is 0 Å². The molecule has 3 aliphatic rings. The van der Waals surface area contributed by atoms with E-state index in [2.05, 4.69) is 40.1 Å². The van der Waals surface area contributed by atoms with Gasteiger partial charge in [-0.15, -0.1) is 0 Å². The van der Waals surface area contributed by atoms with Crippen LogP contribution in [-0.2, 0) is 87.0 Å². The van der Waals surface area contributed by atoms with Crippen LogP contribution in [-0.4, -0.2) is 98.8 Å². The Bertz CT molecular complexity index is 2850. The van der Waals surface area contributed by atoms with E-state index in [1.165, 1.54) is 0 Å². The maximum Gasteiger partial charge on any atom is 0.187 e. The predicted octanol–water partition coefficient (Wildman–Crippen LogP) is 12.5. The third-order valence-corrected chi connectivity index (χ3v) is 14.4. The molecule has 0 unspecified atom stereocenters. The molecule has 22 nitrogen and oxygen atoms in total. The molecule has 9 rings (SSSR count). The molecule has 0 bridgehead atoms. The van der Waals surface area contributed by atoms with Gasteiger partial charge >= 0.3 is 0 Å². The Kier molecular flexibility index (Phi) is 22.5. The van der Waals surface area contributed by atoms with Crippen LogP contribution >= 0.6 is 0 Å². The Balaban J connectivity index is 1.07. The molecular formula is C60H64N12O10. The first-order chi connectivity index (χ1) is 40.5. The van der Waals surface area contributed by atoms with Gasteiger partial charge in [0.15, 0.2) is 12.6 Å². The molecule has 6 aromatic rings. The summed E-state index contributed by atoms with van der Waals surface area (Å²) in [5.41, 5.74) is 44.9. The van der Waals surface area contributed by atoms with Crippen LogP contribution in [0.25, 0.3) is 41.8 Å². The molecule has 424 valence electrons. The minimum Gasteiger partial charge on any atom is -0.368 e. The van der Waals surface area contributed by atoms with Crippen molar-refractivity contribution in [1.29, 1.82) is 0 Å². The molecule has 0 spiro atoms. The summed E-state index contributed by atoms with van der Waals surface area (Å²) in [4.78, 5) is 12.6. The zero-order valence-electron chi connectivity index (χ0n) is 44.9. The first-order valence-electron chi connectivity index (χ1n) is 27.1. The van der Waals surface area contributed by atoms with Crippen molar-refractivity contribution in [3.05, 3.63) is 257 Å². The average Bonchev–Trinajstić information content (AvgIpc) is 3.67. The maximum absolute atomic E-state index is 10.1. The van der Waals surface area contributed by atoms with E-state index in [9.17, 15) is 22.1 Å². The number of hydrogen-bond donors (Lipinski definition) is 0. The van der Waals surface area contributed by atoms with Crippen LogP contribution in [0.15, 0.2) is 202 Å². The summed E-state index contributed by atoms with van der Waals surface area (Å²) in [7, 11) is 0. The van der Waals surface area contributed by atoms with Gasteiger partial charge in [0.2, 0.25) is 0 Å². The largest absolute Gasteiger partial charge is 0.368 e. The summed E-state index contributed by atoms with van der Waals surface area (Å²) < 4.78 is 68.8. The van der Waals surface area contributed by atoms with Crippen LogP contribution in [0, 0.1) is 0 Å². The van der Waals surface area contributed by atoms with E-state index < -0.39 is 85.7 Å². The van der Waals surface area contributed by atoms with Crippen LogP contribution < -0.4 is 0 Å². The number of benzene rings is 6. The minimum atomic E-state index is -1.28. The number of rotatable bonds is 28. The van der Waals surface area contributed by atoms with Gasteiger partial charge in [-0.1, -0.05) is 202 Å². The lowest BCUT2D eigenvalue weighted by Crippen LogP contribution is -2.63. The Morgan fingerprint density at radius 3 is 0.878 bits per heavy atom. The van der Waals surface area contributed by atoms with Gasteiger partial charge in [0.05, 0.1) is 89.2 Å². The zero-order valence-corrected chi connectivity index (χ0v) is 44.9. The van der Waals surface area contributed by atoms with Crippen molar-refractivity contribution in [2.24, 2.45) is 20.5 Å². The fourth-order valence-corrected chi connectivity index (χ4v) is 10.3. The van der Waals surface area contributed by atoms with E-state index in [1.54, 1.807) is 0 Å². The second-order valence-corrected chi connectivity index (χ2v) is 19.8. The molecule has 0 radical (unpaired) electrons. The van der Waals surface area contributed by atoms with Gasteiger partial charge in [0, 0.05) is 26.1 Å². The summed E-state index contributed by atoms with van der Waals surface area (Å²) >= 11 is 0. The number of ether oxygens (including phenoxy) is 10. The van der Waals surface area contributed by atoms with Crippen molar-refractivity contribution >= 4 is 0 Å². The fourth-order valence-electron chi connectivity index (χ4n) is 10.3. The van der Waals surface area contributed by atoms with E-state index in [1.807, 2.05) is 182 Å². The molecular weight excluding hydrogens is 1050 g/mol. The summed E-state index contributed by atoms with van der Waals surface area (Å²) in [5, 5.41) is 16.3. The molecule has 6 aromatic carbocycles. The second-order valence-electron chi connectivity index (χ2n) is 19.8. The van der Waals surface area contributed by atoms with Crippen LogP contribution in [0.3, 0.4) is 0 Å². The van der Waals surface area contributed by atoms with Crippen molar-refractivity contribution in [3.8, 4) is 0 Å². The molecule has 14 atom stereocenters. The monoisotopic (exact) mass is 1110 g/mol. The molecule has 2 aliphatic heterocycles. The Hall–Kier alpha value is -7.84. The van der Waals surface area contributed by atoms with E-state index in [4.69, 9.17) is 47.4 Å². The normalized spacial score (nSPS) is 26.9. The lowest BCUT2D eigenvalue weighted by molar-refractivity contribution is -0.343. The molecule has 3 fully saturated rings. The zero-order chi connectivity index (χ0) is 56.6. The average molecular weight is 1110 g/mol. The molecule has 0 amide bonds. The van der Waals surface area contributed by atoms with Crippen LogP contribution in [0.1, 0.15) is 46.2 Å². The lowest BCUT2D eigenvalue weighted by Gasteiger charge is -2.49. The molecule has 1 aliphatic carbocycles. The Morgan fingerprint density at radius 2 is 0.610 bits per heavy atom. The third kappa shape index (κ3) is 16.6. The van der Waals surface area contributed by atoms with Gasteiger partial charge in [0.25, 0.3) is 0 Å².